The maximum absolute atomic E-state index is 12.7. The predicted octanol–water partition coefficient (Wildman–Crippen LogP) is 2.26. The monoisotopic (exact) mass is 274 g/mol. The Bertz CT molecular complexity index is 496. The lowest BCUT2D eigenvalue weighted by atomic mass is 9.98. The summed E-state index contributed by atoms with van der Waals surface area (Å²) in [6, 6.07) is 10.0. The van der Waals surface area contributed by atoms with Crippen molar-refractivity contribution in [1.82, 2.24) is 10.2 Å². The molecular formula is C16H22N2O2. The van der Waals surface area contributed by atoms with Gasteiger partial charge in [0.25, 0.3) is 0 Å². The standard InChI is InChI=1S/C16H22N2O2/c1-4-13(12-8-6-5-7-9-12)18-11-10-14(19)17-16(2,3)15(18)20/h5-9,13H,4,10-11H2,1-3H3,(H,17,19). The van der Waals surface area contributed by atoms with Crippen LogP contribution in [0.15, 0.2) is 30.3 Å². The molecule has 0 bridgehead atoms. The third-order valence-corrected chi connectivity index (χ3v) is 3.77. The summed E-state index contributed by atoms with van der Waals surface area (Å²) in [5, 5.41) is 2.80. The maximum Gasteiger partial charge on any atom is 0.248 e. The number of carbonyl (C=O) groups is 2. The Labute approximate surface area is 120 Å². The molecule has 0 spiro atoms. The lowest BCUT2D eigenvalue weighted by Crippen LogP contribution is -2.53. The van der Waals surface area contributed by atoms with Gasteiger partial charge in [-0.2, -0.15) is 0 Å². The Balaban J connectivity index is 2.33. The van der Waals surface area contributed by atoms with Gasteiger partial charge in [0.2, 0.25) is 11.8 Å². The van der Waals surface area contributed by atoms with Crippen LogP contribution in [0.1, 0.15) is 45.2 Å². The highest BCUT2D eigenvalue weighted by atomic mass is 16.2. The fourth-order valence-electron chi connectivity index (χ4n) is 2.76. The van der Waals surface area contributed by atoms with Gasteiger partial charge in [-0.05, 0) is 25.8 Å². The summed E-state index contributed by atoms with van der Waals surface area (Å²) in [6.45, 7) is 6.08. The van der Waals surface area contributed by atoms with Crippen LogP contribution in [-0.4, -0.2) is 28.8 Å². The molecule has 2 amide bonds. The second-order valence-corrected chi connectivity index (χ2v) is 5.76. The summed E-state index contributed by atoms with van der Waals surface area (Å²) in [5.74, 6) is -0.0761. The molecule has 1 aromatic rings. The molecule has 1 heterocycles. The molecule has 1 saturated heterocycles. The minimum absolute atomic E-state index is 0.0148. The van der Waals surface area contributed by atoms with Gasteiger partial charge in [-0.15, -0.1) is 0 Å². The van der Waals surface area contributed by atoms with Gasteiger partial charge in [-0.3, -0.25) is 9.59 Å². The fraction of sp³-hybridized carbons (Fsp3) is 0.500. The summed E-state index contributed by atoms with van der Waals surface area (Å²) in [6.07, 6.45) is 1.19. The molecule has 1 aromatic carbocycles. The Hall–Kier alpha value is -1.84. The normalized spacial score (nSPS) is 20.2. The zero-order valence-corrected chi connectivity index (χ0v) is 12.3. The minimum atomic E-state index is -0.838. The van der Waals surface area contributed by atoms with E-state index in [0.29, 0.717) is 13.0 Å². The molecular weight excluding hydrogens is 252 g/mol. The van der Waals surface area contributed by atoms with E-state index in [-0.39, 0.29) is 17.9 Å². The third kappa shape index (κ3) is 2.84. The van der Waals surface area contributed by atoms with Crippen LogP contribution in [0.5, 0.6) is 0 Å². The molecule has 1 aliphatic heterocycles. The molecule has 0 aromatic heterocycles. The van der Waals surface area contributed by atoms with E-state index in [2.05, 4.69) is 12.2 Å². The molecule has 4 heteroatoms. The van der Waals surface area contributed by atoms with Crippen LogP contribution in [0.2, 0.25) is 0 Å². The third-order valence-electron chi connectivity index (χ3n) is 3.77. The summed E-state index contributed by atoms with van der Waals surface area (Å²) in [7, 11) is 0. The molecule has 0 radical (unpaired) electrons. The molecule has 108 valence electrons. The number of carbonyl (C=O) groups excluding carboxylic acids is 2. The highest BCUT2D eigenvalue weighted by Gasteiger charge is 2.39. The van der Waals surface area contributed by atoms with Gasteiger partial charge in [0.05, 0.1) is 6.04 Å². The largest absolute Gasteiger partial charge is 0.342 e. The number of benzene rings is 1. The predicted molar refractivity (Wildman–Crippen MR) is 78.0 cm³/mol. The SMILES string of the molecule is CCC(c1ccccc1)N1CCC(=O)NC(C)(C)C1=O. The Kier molecular flexibility index (Phi) is 4.12. The molecule has 4 nitrogen and oxygen atoms in total. The number of rotatable bonds is 3. The van der Waals surface area contributed by atoms with Gasteiger partial charge in [0, 0.05) is 13.0 Å². The van der Waals surface area contributed by atoms with Crippen molar-refractivity contribution in [1.29, 1.82) is 0 Å². The van der Waals surface area contributed by atoms with E-state index in [1.165, 1.54) is 0 Å². The summed E-state index contributed by atoms with van der Waals surface area (Å²) in [4.78, 5) is 26.3. The first kappa shape index (κ1) is 14.6. The molecule has 1 atom stereocenters. The number of hydrogen-bond donors (Lipinski definition) is 1. The average molecular weight is 274 g/mol. The Morgan fingerprint density at radius 1 is 1.25 bits per heavy atom. The van der Waals surface area contributed by atoms with Gasteiger partial charge >= 0.3 is 0 Å². The highest BCUT2D eigenvalue weighted by molar-refractivity contribution is 5.93. The van der Waals surface area contributed by atoms with Gasteiger partial charge in [-0.25, -0.2) is 0 Å². The average Bonchev–Trinajstić information content (AvgIpc) is 2.51. The van der Waals surface area contributed by atoms with E-state index in [4.69, 9.17) is 0 Å². The molecule has 1 unspecified atom stereocenters. The smallest absolute Gasteiger partial charge is 0.248 e. The maximum atomic E-state index is 12.7. The molecule has 0 saturated carbocycles. The van der Waals surface area contributed by atoms with E-state index in [1.54, 1.807) is 13.8 Å². The zero-order valence-electron chi connectivity index (χ0n) is 12.3. The number of nitrogens with zero attached hydrogens (tertiary/aromatic N) is 1. The van der Waals surface area contributed by atoms with Crippen LogP contribution in [0.25, 0.3) is 0 Å². The topological polar surface area (TPSA) is 49.4 Å². The molecule has 20 heavy (non-hydrogen) atoms. The first-order valence-electron chi connectivity index (χ1n) is 7.12. The quantitative estimate of drug-likeness (QED) is 0.919. The van der Waals surface area contributed by atoms with Gasteiger partial charge in [0.1, 0.15) is 5.54 Å². The van der Waals surface area contributed by atoms with E-state index in [0.717, 1.165) is 12.0 Å². The Morgan fingerprint density at radius 2 is 1.90 bits per heavy atom. The van der Waals surface area contributed by atoms with Crippen molar-refractivity contribution in [2.45, 2.75) is 45.2 Å². The van der Waals surface area contributed by atoms with Crippen LogP contribution in [-0.2, 0) is 9.59 Å². The molecule has 0 aliphatic carbocycles. The molecule has 1 aliphatic rings. The van der Waals surface area contributed by atoms with Gasteiger partial charge < -0.3 is 10.2 Å². The van der Waals surface area contributed by atoms with Crippen LogP contribution >= 0.6 is 0 Å². The van der Waals surface area contributed by atoms with Crippen molar-refractivity contribution in [3.05, 3.63) is 35.9 Å². The van der Waals surface area contributed by atoms with Crippen molar-refractivity contribution >= 4 is 11.8 Å². The van der Waals surface area contributed by atoms with E-state index in [1.807, 2.05) is 35.2 Å². The van der Waals surface area contributed by atoms with Crippen LogP contribution in [0.4, 0.5) is 0 Å². The number of nitrogens with one attached hydrogen (secondary N) is 1. The van der Waals surface area contributed by atoms with E-state index >= 15 is 0 Å². The minimum Gasteiger partial charge on any atom is -0.342 e. The first-order valence-corrected chi connectivity index (χ1v) is 7.12. The van der Waals surface area contributed by atoms with Gasteiger partial charge in [0.15, 0.2) is 0 Å². The van der Waals surface area contributed by atoms with Crippen LogP contribution < -0.4 is 5.32 Å². The molecule has 2 rings (SSSR count). The summed E-state index contributed by atoms with van der Waals surface area (Å²) < 4.78 is 0. The van der Waals surface area contributed by atoms with Crippen molar-refractivity contribution in [2.24, 2.45) is 0 Å². The lowest BCUT2D eigenvalue weighted by Gasteiger charge is -2.35. The van der Waals surface area contributed by atoms with Gasteiger partial charge in [-0.1, -0.05) is 37.3 Å². The first-order chi connectivity index (χ1) is 9.45. The lowest BCUT2D eigenvalue weighted by molar-refractivity contribution is -0.139. The zero-order chi connectivity index (χ0) is 14.8. The second-order valence-electron chi connectivity index (χ2n) is 5.76. The molecule has 1 N–H and O–H groups in total. The highest BCUT2D eigenvalue weighted by Crippen LogP contribution is 2.28. The van der Waals surface area contributed by atoms with Crippen molar-refractivity contribution < 1.29 is 9.59 Å². The number of amides is 2. The van der Waals surface area contributed by atoms with Crippen molar-refractivity contribution in [2.75, 3.05) is 6.54 Å². The summed E-state index contributed by atoms with van der Waals surface area (Å²) in [5.41, 5.74) is 0.281. The van der Waals surface area contributed by atoms with Crippen LogP contribution in [0.3, 0.4) is 0 Å². The fourth-order valence-corrected chi connectivity index (χ4v) is 2.76. The summed E-state index contributed by atoms with van der Waals surface area (Å²) >= 11 is 0. The van der Waals surface area contributed by atoms with Crippen molar-refractivity contribution in [3.63, 3.8) is 0 Å². The Morgan fingerprint density at radius 3 is 2.50 bits per heavy atom. The number of hydrogen-bond acceptors (Lipinski definition) is 2. The van der Waals surface area contributed by atoms with Crippen molar-refractivity contribution in [3.8, 4) is 0 Å². The van der Waals surface area contributed by atoms with E-state index < -0.39 is 5.54 Å². The van der Waals surface area contributed by atoms with Crippen LogP contribution in [0, 0.1) is 0 Å². The van der Waals surface area contributed by atoms with E-state index in [9.17, 15) is 9.59 Å². The molecule has 1 fully saturated rings. The second kappa shape index (κ2) is 5.65.